The molecule has 5 nitrogen and oxygen atoms in total. The normalized spacial score (nSPS) is 16.9. The van der Waals surface area contributed by atoms with E-state index in [9.17, 15) is 9.59 Å². The van der Waals surface area contributed by atoms with Crippen molar-refractivity contribution in [3.8, 4) is 0 Å². The summed E-state index contributed by atoms with van der Waals surface area (Å²) in [7, 11) is 3.21. The summed E-state index contributed by atoms with van der Waals surface area (Å²) in [6.45, 7) is 0.654. The second kappa shape index (κ2) is 10.9. The van der Waals surface area contributed by atoms with Gasteiger partial charge in [-0.3, -0.25) is 9.59 Å². The molecule has 0 radical (unpaired) electrons. The van der Waals surface area contributed by atoms with E-state index in [-0.39, 0.29) is 36.7 Å². The van der Waals surface area contributed by atoms with Crippen LogP contribution in [-0.4, -0.2) is 38.6 Å². The first-order chi connectivity index (χ1) is 9.17. The Bertz CT molecular complexity index is 294. The largest absolute Gasteiger partial charge is 0.469 e. The third kappa shape index (κ3) is 7.10. The van der Waals surface area contributed by atoms with E-state index in [1.165, 1.54) is 26.4 Å². The molecule has 0 saturated heterocycles. The Kier molecular flexibility index (Phi) is 10.5. The lowest BCUT2D eigenvalue weighted by atomic mass is 9.82. The molecule has 6 heteroatoms. The molecule has 0 aromatic rings. The Morgan fingerprint density at radius 2 is 1.90 bits per heavy atom. The first kappa shape index (κ1) is 19.2. The van der Waals surface area contributed by atoms with Gasteiger partial charge in [-0.15, -0.1) is 12.4 Å². The van der Waals surface area contributed by atoms with Crippen molar-refractivity contribution in [2.75, 3.05) is 20.7 Å². The average molecular weight is 307 g/mol. The Hall–Kier alpha value is -0.810. The predicted octanol–water partition coefficient (Wildman–Crippen LogP) is 1.65. The molecule has 0 bridgehead atoms. The molecule has 0 aromatic heterocycles. The lowest BCUT2D eigenvalue weighted by Gasteiger charge is -2.30. The summed E-state index contributed by atoms with van der Waals surface area (Å²) in [5, 5.41) is 5.96. The Morgan fingerprint density at radius 1 is 1.25 bits per heavy atom. The summed E-state index contributed by atoms with van der Waals surface area (Å²) in [6.07, 6.45) is 6.55. The number of rotatable bonds is 7. The van der Waals surface area contributed by atoms with Gasteiger partial charge in [0.25, 0.3) is 0 Å². The van der Waals surface area contributed by atoms with Crippen LogP contribution in [0, 0.1) is 5.92 Å². The maximum Gasteiger partial charge on any atom is 0.307 e. The monoisotopic (exact) mass is 306 g/mol. The quantitative estimate of drug-likeness (QED) is 0.702. The Labute approximate surface area is 127 Å². The van der Waals surface area contributed by atoms with Crippen molar-refractivity contribution >= 4 is 24.3 Å². The van der Waals surface area contributed by atoms with Crippen LogP contribution < -0.4 is 10.6 Å². The van der Waals surface area contributed by atoms with E-state index in [0.717, 1.165) is 12.8 Å². The van der Waals surface area contributed by atoms with Gasteiger partial charge in [0.15, 0.2) is 0 Å². The highest BCUT2D eigenvalue weighted by Crippen LogP contribution is 2.28. The molecule has 1 atom stereocenters. The van der Waals surface area contributed by atoms with Gasteiger partial charge >= 0.3 is 5.97 Å². The first-order valence-electron chi connectivity index (χ1n) is 7.18. The second-order valence-corrected chi connectivity index (χ2v) is 5.21. The molecule has 0 aromatic carbocycles. The molecule has 1 fully saturated rings. The number of ether oxygens (including phenoxy) is 1. The number of halogens is 1. The fourth-order valence-electron chi connectivity index (χ4n) is 2.65. The van der Waals surface area contributed by atoms with Crippen LogP contribution in [-0.2, 0) is 14.3 Å². The third-order valence-electron chi connectivity index (χ3n) is 3.78. The van der Waals surface area contributed by atoms with E-state index >= 15 is 0 Å². The van der Waals surface area contributed by atoms with Crippen LogP contribution in [0.3, 0.4) is 0 Å². The number of carbonyl (C=O) groups is 2. The van der Waals surface area contributed by atoms with Gasteiger partial charge in [-0.2, -0.15) is 0 Å². The van der Waals surface area contributed by atoms with Crippen LogP contribution >= 0.6 is 12.4 Å². The number of hydrogen-bond donors (Lipinski definition) is 2. The molecule has 1 rings (SSSR count). The summed E-state index contributed by atoms with van der Waals surface area (Å²) >= 11 is 0. The molecule has 1 saturated carbocycles. The van der Waals surface area contributed by atoms with Gasteiger partial charge in [-0.25, -0.2) is 0 Å². The van der Waals surface area contributed by atoms with Gasteiger partial charge in [0, 0.05) is 19.0 Å². The van der Waals surface area contributed by atoms with Gasteiger partial charge in [0.1, 0.15) is 0 Å². The van der Waals surface area contributed by atoms with Crippen LogP contribution in [0.25, 0.3) is 0 Å². The van der Waals surface area contributed by atoms with Gasteiger partial charge < -0.3 is 15.4 Å². The van der Waals surface area contributed by atoms with Crippen molar-refractivity contribution in [1.29, 1.82) is 0 Å². The number of amides is 1. The van der Waals surface area contributed by atoms with Crippen molar-refractivity contribution in [3.63, 3.8) is 0 Å². The van der Waals surface area contributed by atoms with Crippen molar-refractivity contribution in [1.82, 2.24) is 10.6 Å². The fourth-order valence-corrected chi connectivity index (χ4v) is 2.65. The number of esters is 1. The molecule has 1 aliphatic rings. The minimum atomic E-state index is -0.246. The molecule has 1 aliphatic carbocycles. The van der Waals surface area contributed by atoms with E-state index in [1.807, 2.05) is 7.05 Å². The summed E-state index contributed by atoms with van der Waals surface area (Å²) < 4.78 is 4.73. The van der Waals surface area contributed by atoms with E-state index in [2.05, 4.69) is 10.6 Å². The van der Waals surface area contributed by atoms with Crippen LogP contribution in [0.5, 0.6) is 0 Å². The van der Waals surface area contributed by atoms with Crippen LogP contribution in [0.15, 0.2) is 0 Å². The summed E-state index contributed by atoms with van der Waals surface area (Å²) in [4.78, 5) is 23.3. The molecule has 2 N–H and O–H groups in total. The summed E-state index contributed by atoms with van der Waals surface area (Å²) in [5.41, 5.74) is 0. The van der Waals surface area contributed by atoms with Gasteiger partial charge in [-0.1, -0.05) is 19.3 Å². The van der Waals surface area contributed by atoms with Crippen molar-refractivity contribution in [2.45, 2.75) is 51.0 Å². The topological polar surface area (TPSA) is 67.4 Å². The van der Waals surface area contributed by atoms with E-state index in [1.54, 1.807) is 0 Å². The van der Waals surface area contributed by atoms with Crippen LogP contribution in [0.1, 0.15) is 44.9 Å². The number of carbonyl (C=O) groups excluding carboxylic acids is 2. The smallest absolute Gasteiger partial charge is 0.307 e. The van der Waals surface area contributed by atoms with Gasteiger partial charge in [0.2, 0.25) is 5.91 Å². The number of nitrogens with one attached hydrogen (secondary N) is 2. The zero-order valence-corrected chi connectivity index (χ0v) is 13.3. The minimum Gasteiger partial charge on any atom is -0.469 e. The molecular weight excluding hydrogens is 280 g/mol. The minimum absolute atomic E-state index is 0. The maximum atomic E-state index is 11.8. The van der Waals surface area contributed by atoms with Gasteiger partial charge in [0.05, 0.1) is 13.5 Å². The average Bonchev–Trinajstić information content (AvgIpc) is 2.45. The molecule has 0 heterocycles. The van der Waals surface area contributed by atoms with Gasteiger partial charge in [-0.05, 0) is 25.8 Å². The third-order valence-corrected chi connectivity index (χ3v) is 3.78. The Morgan fingerprint density at radius 3 is 2.45 bits per heavy atom. The number of hydrogen-bond acceptors (Lipinski definition) is 4. The van der Waals surface area contributed by atoms with Crippen molar-refractivity contribution in [3.05, 3.63) is 0 Å². The van der Waals surface area contributed by atoms with E-state index in [4.69, 9.17) is 4.74 Å². The summed E-state index contributed by atoms with van der Waals surface area (Å²) in [6, 6.07) is -0.0721. The lowest BCUT2D eigenvalue weighted by Crippen LogP contribution is -2.43. The van der Waals surface area contributed by atoms with Crippen LogP contribution in [0.2, 0.25) is 0 Å². The first-order valence-corrected chi connectivity index (χ1v) is 7.18. The zero-order valence-electron chi connectivity index (χ0n) is 12.4. The van der Waals surface area contributed by atoms with E-state index < -0.39 is 0 Å². The second-order valence-electron chi connectivity index (χ2n) is 5.21. The van der Waals surface area contributed by atoms with E-state index in [0.29, 0.717) is 18.9 Å². The number of methoxy groups -OCH3 is 1. The highest BCUT2D eigenvalue weighted by molar-refractivity contribution is 5.85. The molecule has 1 amide bonds. The van der Waals surface area contributed by atoms with Crippen molar-refractivity contribution < 1.29 is 14.3 Å². The molecular formula is C14H27ClN2O3. The standard InChI is InChI=1S/C14H26N2O3.ClH/c1-15-9-8-13(17)16-12(10-14(18)19-2)11-6-4-3-5-7-11;/h11-12,15H,3-10H2,1-2H3,(H,16,17);1H. The SMILES string of the molecule is CNCCC(=O)NC(CC(=O)OC)C1CCCCC1.Cl. The predicted molar refractivity (Wildman–Crippen MR) is 80.9 cm³/mol. The maximum absolute atomic E-state index is 11.8. The molecule has 0 spiro atoms. The molecule has 1 unspecified atom stereocenters. The Balaban J connectivity index is 0.00000361. The zero-order chi connectivity index (χ0) is 14.1. The fraction of sp³-hybridized carbons (Fsp3) is 0.857. The highest BCUT2D eigenvalue weighted by Gasteiger charge is 2.27. The summed E-state index contributed by atoms with van der Waals surface area (Å²) in [5.74, 6) is 0.171. The lowest BCUT2D eigenvalue weighted by molar-refractivity contribution is -0.141. The molecule has 118 valence electrons. The van der Waals surface area contributed by atoms with Crippen molar-refractivity contribution in [2.24, 2.45) is 5.92 Å². The highest BCUT2D eigenvalue weighted by atomic mass is 35.5. The molecule has 20 heavy (non-hydrogen) atoms. The molecule has 0 aliphatic heterocycles. The van der Waals surface area contributed by atoms with Crippen LogP contribution in [0.4, 0.5) is 0 Å².